The minimum Gasteiger partial charge on any atom is -0.464 e. The predicted molar refractivity (Wildman–Crippen MR) is 83.1 cm³/mol. The number of hydrogen-bond donors (Lipinski definition) is 0. The zero-order valence-electron chi connectivity index (χ0n) is 11.0. The normalized spacial score (nSPS) is 10.4. The van der Waals surface area contributed by atoms with Gasteiger partial charge in [0.25, 0.3) is 0 Å². The topological polar surface area (TPSA) is 18.5 Å². The van der Waals surface area contributed by atoms with Gasteiger partial charge in [0.15, 0.2) is 0 Å². The predicted octanol–water partition coefficient (Wildman–Crippen LogP) is 5.04. The molecule has 0 aliphatic rings. The molecule has 0 saturated heterocycles. The summed E-state index contributed by atoms with van der Waals surface area (Å²) in [7, 11) is 0. The highest BCUT2D eigenvalue weighted by Gasteiger charge is 2.14. The molecule has 0 spiro atoms. The van der Waals surface area contributed by atoms with E-state index in [2.05, 4.69) is 13.2 Å². The first-order valence-electron chi connectivity index (χ1n) is 6.35. The number of ether oxygens (including phenoxy) is 2. The molecule has 2 nitrogen and oxygen atoms in total. The number of benzene rings is 3. The van der Waals surface area contributed by atoms with Crippen LogP contribution in [0.25, 0.3) is 21.5 Å². The Kier molecular flexibility index (Phi) is 3.13. The summed E-state index contributed by atoms with van der Waals surface area (Å²) in [6.07, 6.45) is 2.89. The van der Waals surface area contributed by atoms with Gasteiger partial charge in [-0.25, -0.2) is 0 Å². The van der Waals surface area contributed by atoms with Crippen LogP contribution in [0.15, 0.2) is 74.2 Å². The lowest BCUT2D eigenvalue weighted by Gasteiger charge is -2.14. The van der Waals surface area contributed by atoms with E-state index >= 15 is 0 Å². The number of rotatable bonds is 4. The molecular formula is C18H14O2. The van der Waals surface area contributed by atoms with Crippen molar-refractivity contribution in [1.29, 1.82) is 0 Å². The van der Waals surface area contributed by atoms with Gasteiger partial charge in [-0.05, 0) is 0 Å². The van der Waals surface area contributed by atoms with Gasteiger partial charge in [-0.1, -0.05) is 61.7 Å². The number of fused-ring (bicyclic) bond motifs is 2. The highest BCUT2D eigenvalue weighted by atomic mass is 16.5. The zero-order valence-corrected chi connectivity index (χ0v) is 11.0. The Morgan fingerprint density at radius 2 is 0.900 bits per heavy atom. The SMILES string of the molecule is C=COc1c2ccccc2c(OC=C)c2ccccc12. The van der Waals surface area contributed by atoms with Gasteiger partial charge < -0.3 is 9.47 Å². The van der Waals surface area contributed by atoms with E-state index in [-0.39, 0.29) is 0 Å². The van der Waals surface area contributed by atoms with Gasteiger partial charge in [0.05, 0.1) is 12.5 Å². The summed E-state index contributed by atoms with van der Waals surface area (Å²) in [5, 5.41) is 3.96. The van der Waals surface area contributed by atoms with Crippen LogP contribution in [0.1, 0.15) is 0 Å². The lowest BCUT2D eigenvalue weighted by atomic mass is 10.0. The molecule has 0 N–H and O–H groups in total. The van der Waals surface area contributed by atoms with Crippen molar-refractivity contribution >= 4 is 21.5 Å². The Balaban J connectivity index is 2.53. The third-order valence-corrected chi connectivity index (χ3v) is 3.24. The summed E-state index contributed by atoms with van der Waals surface area (Å²) in [4.78, 5) is 0. The molecule has 0 bridgehead atoms. The van der Waals surface area contributed by atoms with Gasteiger partial charge >= 0.3 is 0 Å². The third-order valence-electron chi connectivity index (χ3n) is 3.24. The van der Waals surface area contributed by atoms with E-state index < -0.39 is 0 Å². The molecule has 3 rings (SSSR count). The van der Waals surface area contributed by atoms with Crippen molar-refractivity contribution < 1.29 is 9.47 Å². The van der Waals surface area contributed by atoms with Crippen molar-refractivity contribution in [3.8, 4) is 11.5 Å². The minimum absolute atomic E-state index is 0.794. The number of hydrogen-bond acceptors (Lipinski definition) is 2. The molecule has 0 radical (unpaired) electrons. The molecule has 20 heavy (non-hydrogen) atoms. The Bertz CT molecular complexity index is 678. The van der Waals surface area contributed by atoms with Gasteiger partial charge in [0, 0.05) is 21.5 Å². The summed E-state index contributed by atoms with van der Waals surface area (Å²) >= 11 is 0. The molecule has 0 amide bonds. The van der Waals surface area contributed by atoms with E-state index in [0.29, 0.717) is 0 Å². The van der Waals surface area contributed by atoms with Crippen LogP contribution < -0.4 is 9.47 Å². The molecule has 0 aromatic heterocycles. The van der Waals surface area contributed by atoms with Crippen LogP contribution in [0.3, 0.4) is 0 Å². The van der Waals surface area contributed by atoms with Crippen molar-refractivity contribution in [2.24, 2.45) is 0 Å². The summed E-state index contributed by atoms with van der Waals surface area (Å²) < 4.78 is 11.3. The molecule has 98 valence electrons. The van der Waals surface area contributed by atoms with Crippen LogP contribution in [0.4, 0.5) is 0 Å². The second-order valence-electron chi connectivity index (χ2n) is 4.32. The Morgan fingerprint density at radius 3 is 1.15 bits per heavy atom. The van der Waals surface area contributed by atoms with E-state index in [1.165, 1.54) is 12.5 Å². The molecule has 0 fully saturated rings. The van der Waals surface area contributed by atoms with Gasteiger partial charge in [-0.2, -0.15) is 0 Å². The molecule has 0 unspecified atom stereocenters. The lowest BCUT2D eigenvalue weighted by molar-refractivity contribution is 0.486. The van der Waals surface area contributed by atoms with Crippen LogP contribution in [0.2, 0.25) is 0 Å². The monoisotopic (exact) mass is 262 g/mol. The van der Waals surface area contributed by atoms with Gasteiger partial charge in [0.2, 0.25) is 0 Å². The highest BCUT2D eigenvalue weighted by Crippen LogP contribution is 2.42. The first-order valence-corrected chi connectivity index (χ1v) is 6.35. The van der Waals surface area contributed by atoms with Crippen molar-refractivity contribution in [2.45, 2.75) is 0 Å². The summed E-state index contributed by atoms with van der Waals surface area (Å²) in [5.74, 6) is 1.59. The van der Waals surface area contributed by atoms with Crippen LogP contribution >= 0.6 is 0 Å². The van der Waals surface area contributed by atoms with E-state index in [1.807, 2.05) is 48.5 Å². The Labute approximate surface area is 117 Å². The fourth-order valence-electron chi connectivity index (χ4n) is 2.47. The standard InChI is InChI=1S/C18H14O2/c1-3-19-17-13-9-5-7-11-15(13)18(20-4-2)16-12-8-6-10-14(16)17/h3-12H,1-2H2. The van der Waals surface area contributed by atoms with Gasteiger partial charge in [-0.15, -0.1) is 0 Å². The van der Waals surface area contributed by atoms with Crippen LogP contribution in [0, 0.1) is 0 Å². The molecule has 0 aliphatic heterocycles. The van der Waals surface area contributed by atoms with Crippen molar-refractivity contribution in [1.82, 2.24) is 0 Å². The summed E-state index contributed by atoms with van der Waals surface area (Å²) in [5.41, 5.74) is 0. The maximum atomic E-state index is 5.65. The van der Waals surface area contributed by atoms with Gasteiger partial charge in [-0.3, -0.25) is 0 Å². The summed E-state index contributed by atoms with van der Waals surface area (Å²) in [6.45, 7) is 7.32. The highest BCUT2D eigenvalue weighted by molar-refractivity contribution is 6.11. The van der Waals surface area contributed by atoms with E-state index in [0.717, 1.165) is 33.0 Å². The van der Waals surface area contributed by atoms with Crippen LogP contribution in [-0.2, 0) is 0 Å². The Morgan fingerprint density at radius 1 is 0.600 bits per heavy atom. The van der Waals surface area contributed by atoms with Crippen molar-refractivity contribution in [3.05, 3.63) is 74.2 Å². The fraction of sp³-hybridized carbons (Fsp3) is 0. The zero-order chi connectivity index (χ0) is 13.9. The second kappa shape index (κ2) is 5.10. The Hall–Kier alpha value is -2.74. The average Bonchev–Trinajstić information content (AvgIpc) is 2.50. The average molecular weight is 262 g/mol. The summed E-state index contributed by atoms with van der Waals surface area (Å²) in [6, 6.07) is 15.9. The van der Waals surface area contributed by atoms with Gasteiger partial charge in [0.1, 0.15) is 11.5 Å². The fourth-order valence-corrected chi connectivity index (χ4v) is 2.47. The van der Waals surface area contributed by atoms with E-state index in [9.17, 15) is 0 Å². The molecule has 3 aromatic carbocycles. The second-order valence-corrected chi connectivity index (χ2v) is 4.32. The van der Waals surface area contributed by atoms with Crippen molar-refractivity contribution in [3.63, 3.8) is 0 Å². The van der Waals surface area contributed by atoms with Crippen LogP contribution in [0.5, 0.6) is 11.5 Å². The smallest absolute Gasteiger partial charge is 0.142 e. The quantitative estimate of drug-likeness (QED) is 0.484. The lowest BCUT2D eigenvalue weighted by Crippen LogP contribution is -1.91. The molecule has 3 aromatic rings. The molecule has 0 aliphatic carbocycles. The van der Waals surface area contributed by atoms with E-state index in [1.54, 1.807) is 0 Å². The molecule has 0 atom stereocenters. The van der Waals surface area contributed by atoms with E-state index in [4.69, 9.17) is 9.47 Å². The molecule has 0 saturated carbocycles. The maximum absolute atomic E-state index is 5.65. The minimum atomic E-state index is 0.794. The maximum Gasteiger partial charge on any atom is 0.142 e. The molecular weight excluding hydrogens is 248 g/mol. The molecule has 0 heterocycles. The van der Waals surface area contributed by atoms with Crippen LogP contribution in [-0.4, -0.2) is 0 Å². The van der Waals surface area contributed by atoms with Crippen molar-refractivity contribution in [2.75, 3.05) is 0 Å². The first kappa shape index (κ1) is 12.3. The largest absolute Gasteiger partial charge is 0.464 e. The third kappa shape index (κ3) is 1.82. The first-order chi connectivity index (χ1) is 9.86. The molecule has 2 heteroatoms.